The van der Waals surface area contributed by atoms with Crippen molar-refractivity contribution >= 4 is 48.7 Å². The van der Waals surface area contributed by atoms with Gasteiger partial charge in [-0.05, 0) is 29.8 Å². The van der Waals surface area contributed by atoms with Crippen LogP contribution < -0.4 is 5.32 Å². The van der Waals surface area contributed by atoms with Crippen LogP contribution in [0.25, 0.3) is 16.3 Å². The summed E-state index contributed by atoms with van der Waals surface area (Å²) in [7, 11) is -0.542. The minimum atomic E-state index is -3.51. The lowest BCUT2D eigenvalue weighted by molar-refractivity contribution is -0.111. The van der Waals surface area contributed by atoms with Crippen LogP contribution >= 0.6 is 11.3 Å². The van der Waals surface area contributed by atoms with E-state index in [1.165, 1.54) is 37.6 Å². The van der Waals surface area contributed by atoms with Gasteiger partial charge >= 0.3 is 0 Å². The van der Waals surface area contributed by atoms with Crippen molar-refractivity contribution < 1.29 is 13.2 Å². The number of carbonyl (C=O) groups is 1. The first kappa shape index (κ1) is 18.2. The average Bonchev–Trinajstić information content (AvgIpc) is 3.02. The molecule has 0 unspecified atom stereocenters. The van der Waals surface area contributed by atoms with Crippen LogP contribution in [0, 0.1) is 0 Å². The zero-order valence-corrected chi connectivity index (χ0v) is 15.8. The molecular weight excluding hydrogens is 370 g/mol. The Kier molecular flexibility index (Phi) is 5.17. The number of benzene rings is 2. The number of nitrogens with zero attached hydrogens (tertiary/aromatic N) is 2. The van der Waals surface area contributed by atoms with Crippen LogP contribution in [0.3, 0.4) is 0 Å². The normalized spacial score (nSPS) is 12.1. The summed E-state index contributed by atoms with van der Waals surface area (Å²) in [6, 6.07) is 14.2. The van der Waals surface area contributed by atoms with Crippen molar-refractivity contribution in [3.63, 3.8) is 0 Å². The molecule has 0 aliphatic carbocycles. The molecule has 0 radical (unpaired) electrons. The molecule has 6 nitrogen and oxygen atoms in total. The first-order valence-corrected chi connectivity index (χ1v) is 9.99. The zero-order valence-electron chi connectivity index (χ0n) is 14.2. The summed E-state index contributed by atoms with van der Waals surface area (Å²) >= 11 is 1.23. The number of hydrogen-bond donors (Lipinski definition) is 1. The van der Waals surface area contributed by atoms with E-state index in [-0.39, 0.29) is 10.8 Å². The van der Waals surface area contributed by atoms with Crippen molar-refractivity contribution in [3.8, 4) is 0 Å². The van der Waals surface area contributed by atoms with Crippen LogP contribution in [0.5, 0.6) is 0 Å². The standard InChI is InChI=1S/C18H17N3O3S2/c1-21(2)26(23,24)14-9-10-15-16(12-14)25-18(19-15)20-17(22)11-8-13-6-4-3-5-7-13/h3-12H,1-2H3,(H,19,20,22)/b11-8+. The number of amides is 1. The molecule has 0 aliphatic rings. The molecule has 3 rings (SSSR count). The number of carbonyl (C=O) groups excluding carboxylic acids is 1. The lowest BCUT2D eigenvalue weighted by Crippen LogP contribution is -2.22. The Bertz CT molecular complexity index is 1070. The lowest BCUT2D eigenvalue weighted by Gasteiger charge is -2.10. The Morgan fingerprint density at radius 2 is 1.88 bits per heavy atom. The molecule has 0 saturated carbocycles. The molecule has 0 aliphatic heterocycles. The maximum absolute atomic E-state index is 12.2. The highest BCUT2D eigenvalue weighted by molar-refractivity contribution is 7.89. The van der Waals surface area contributed by atoms with E-state index in [4.69, 9.17) is 0 Å². The average molecular weight is 387 g/mol. The maximum Gasteiger partial charge on any atom is 0.250 e. The second-order valence-corrected chi connectivity index (χ2v) is 8.85. The molecule has 0 spiro atoms. The van der Waals surface area contributed by atoms with E-state index in [0.717, 1.165) is 9.87 Å². The van der Waals surface area contributed by atoms with Gasteiger partial charge in [0.05, 0.1) is 15.1 Å². The topological polar surface area (TPSA) is 79.4 Å². The van der Waals surface area contributed by atoms with Crippen molar-refractivity contribution in [2.24, 2.45) is 0 Å². The van der Waals surface area contributed by atoms with Crippen LogP contribution in [-0.2, 0) is 14.8 Å². The number of sulfonamides is 1. The summed E-state index contributed by atoms with van der Waals surface area (Å²) in [6.45, 7) is 0. The summed E-state index contributed by atoms with van der Waals surface area (Å²) in [6.07, 6.45) is 3.15. The molecule has 1 heterocycles. The minimum Gasteiger partial charge on any atom is -0.298 e. The fourth-order valence-electron chi connectivity index (χ4n) is 2.21. The van der Waals surface area contributed by atoms with Gasteiger partial charge < -0.3 is 0 Å². The second-order valence-electron chi connectivity index (χ2n) is 5.67. The monoisotopic (exact) mass is 387 g/mol. The fraction of sp³-hybridized carbons (Fsp3) is 0.111. The second kappa shape index (κ2) is 7.36. The molecule has 0 fully saturated rings. The van der Waals surface area contributed by atoms with E-state index in [1.807, 2.05) is 30.3 Å². The van der Waals surface area contributed by atoms with Gasteiger partial charge in [-0.2, -0.15) is 0 Å². The Balaban J connectivity index is 1.79. The van der Waals surface area contributed by atoms with Crippen LogP contribution in [0.15, 0.2) is 59.5 Å². The number of thiazole rings is 1. The number of rotatable bonds is 5. The van der Waals surface area contributed by atoms with Gasteiger partial charge in [-0.15, -0.1) is 0 Å². The summed E-state index contributed by atoms with van der Waals surface area (Å²) in [5, 5.41) is 3.12. The number of hydrogen-bond acceptors (Lipinski definition) is 5. The highest BCUT2D eigenvalue weighted by Gasteiger charge is 2.18. The van der Waals surface area contributed by atoms with Crippen LogP contribution in [0.2, 0.25) is 0 Å². The highest BCUT2D eigenvalue weighted by Crippen LogP contribution is 2.28. The SMILES string of the molecule is CN(C)S(=O)(=O)c1ccc2nc(NC(=O)/C=C/c3ccccc3)sc2c1. The van der Waals surface area contributed by atoms with Crippen molar-refractivity contribution in [1.29, 1.82) is 0 Å². The number of aromatic nitrogens is 1. The Morgan fingerprint density at radius 1 is 1.15 bits per heavy atom. The van der Waals surface area contributed by atoms with Gasteiger partial charge in [-0.25, -0.2) is 17.7 Å². The van der Waals surface area contributed by atoms with E-state index in [2.05, 4.69) is 10.3 Å². The van der Waals surface area contributed by atoms with Gasteiger partial charge in [-0.3, -0.25) is 10.1 Å². The molecule has 134 valence electrons. The van der Waals surface area contributed by atoms with Crippen LogP contribution in [0.4, 0.5) is 5.13 Å². The van der Waals surface area contributed by atoms with Crippen molar-refractivity contribution in [3.05, 3.63) is 60.2 Å². The summed E-state index contributed by atoms with van der Waals surface area (Å²) in [5.74, 6) is -0.297. The van der Waals surface area contributed by atoms with Crippen molar-refractivity contribution in [1.82, 2.24) is 9.29 Å². The molecule has 8 heteroatoms. The maximum atomic E-state index is 12.2. The zero-order chi connectivity index (χ0) is 18.7. The molecule has 2 aromatic carbocycles. The first-order chi connectivity index (χ1) is 12.4. The molecule has 0 bridgehead atoms. The van der Waals surface area contributed by atoms with Crippen LogP contribution in [-0.4, -0.2) is 37.7 Å². The number of fused-ring (bicyclic) bond motifs is 1. The van der Waals surface area contributed by atoms with E-state index < -0.39 is 10.0 Å². The quantitative estimate of drug-likeness (QED) is 0.682. The molecule has 3 aromatic rings. The molecule has 0 atom stereocenters. The third-order valence-corrected chi connectivity index (χ3v) is 6.34. The highest BCUT2D eigenvalue weighted by atomic mass is 32.2. The molecule has 1 amide bonds. The van der Waals surface area contributed by atoms with Gasteiger partial charge in [0.1, 0.15) is 0 Å². The van der Waals surface area contributed by atoms with Gasteiger partial charge in [0, 0.05) is 20.2 Å². The molecule has 26 heavy (non-hydrogen) atoms. The molecular formula is C18H17N3O3S2. The number of nitrogens with one attached hydrogen (secondary N) is 1. The van der Waals surface area contributed by atoms with Gasteiger partial charge in [0.2, 0.25) is 15.9 Å². The molecule has 1 N–H and O–H groups in total. The summed E-state index contributed by atoms with van der Waals surface area (Å²) in [5.41, 5.74) is 1.56. The van der Waals surface area contributed by atoms with E-state index in [9.17, 15) is 13.2 Å². The van der Waals surface area contributed by atoms with Gasteiger partial charge in [0.15, 0.2) is 5.13 Å². The predicted octanol–water partition coefficient (Wildman–Crippen LogP) is 3.20. The minimum absolute atomic E-state index is 0.195. The third-order valence-electron chi connectivity index (χ3n) is 3.60. The van der Waals surface area contributed by atoms with E-state index in [0.29, 0.717) is 15.3 Å². The fourth-order valence-corrected chi connectivity index (χ4v) is 4.12. The predicted molar refractivity (Wildman–Crippen MR) is 105 cm³/mol. The summed E-state index contributed by atoms with van der Waals surface area (Å²) in [4.78, 5) is 16.6. The molecule has 1 aromatic heterocycles. The largest absolute Gasteiger partial charge is 0.298 e. The lowest BCUT2D eigenvalue weighted by atomic mass is 10.2. The first-order valence-electron chi connectivity index (χ1n) is 7.73. The Labute approximate surface area is 155 Å². The van der Waals surface area contributed by atoms with E-state index >= 15 is 0 Å². The van der Waals surface area contributed by atoms with E-state index in [1.54, 1.807) is 18.2 Å². The molecule has 0 saturated heterocycles. The van der Waals surface area contributed by atoms with Gasteiger partial charge in [-0.1, -0.05) is 41.7 Å². The van der Waals surface area contributed by atoms with Crippen molar-refractivity contribution in [2.75, 3.05) is 19.4 Å². The van der Waals surface area contributed by atoms with Crippen LogP contribution in [0.1, 0.15) is 5.56 Å². The smallest absolute Gasteiger partial charge is 0.250 e. The number of anilines is 1. The third kappa shape index (κ3) is 3.98. The van der Waals surface area contributed by atoms with Gasteiger partial charge in [0.25, 0.3) is 0 Å². The summed E-state index contributed by atoms with van der Waals surface area (Å²) < 4.78 is 26.3. The Morgan fingerprint density at radius 3 is 2.58 bits per heavy atom. The Hall–Kier alpha value is -2.55. The van der Waals surface area contributed by atoms with Crippen molar-refractivity contribution in [2.45, 2.75) is 4.90 Å².